The molecule has 1 atom stereocenters. The van der Waals surface area contributed by atoms with Gasteiger partial charge in [-0.2, -0.15) is 0 Å². The Hall–Kier alpha value is -1.51. The topological polar surface area (TPSA) is 92.7 Å². The van der Waals surface area contributed by atoms with Crippen LogP contribution in [0.5, 0.6) is 0 Å². The number of benzene rings is 1. The number of rotatable bonds is 5. The monoisotopic (exact) mass is 317 g/mol. The van der Waals surface area contributed by atoms with Crippen LogP contribution in [0.25, 0.3) is 0 Å². The molecule has 6 nitrogen and oxygen atoms in total. The number of ether oxygens (including phenoxy) is 1. The van der Waals surface area contributed by atoms with Crippen LogP contribution in [0.1, 0.15) is 29.6 Å². The van der Waals surface area contributed by atoms with Gasteiger partial charge in [-0.15, -0.1) is 0 Å². The van der Waals surface area contributed by atoms with Gasteiger partial charge >= 0.3 is 5.97 Å². The molecule has 0 spiro atoms. The SMILES string of the molecule is O=C(O)c1ccc(F)c(S(=O)(=O)NCC2CCCCO2)c1. The smallest absolute Gasteiger partial charge is 0.335 e. The Morgan fingerprint density at radius 2 is 2.19 bits per heavy atom. The van der Waals surface area contributed by atoms with E-state index in [0.29, 0.717) is 6.61 Å². The van der Waals surface area contributed by atoms with E-state index in [9.17, 15) is 17.6 Å². The minimum absolute atomic E-state index is 0.0407. The molecular weight excluding hydrogens is 301 g/mol. The zero-order valence-electron chi connectivity index (χ0n) is 11.2. The van der Waals surface area contributed by atoms with E-state index in [1.807, 2.05) is 0 Å². The van der Waals surface area contributed by atoms with E-state index >= 15 is 0 Å². The highest BCUT2D eigenvalue weighted by atomic mass is 32.2. The molecule has 2 N–H and O–H groups in total. The summed E-state index contributed by atoms with van der Waals surface area (Å²) in [5.41, 5.74) is -0.286. The highest BCUT2D eigenvalue weighted by Gasteiger charge is 2.23. The maximum absolute atomic E-state index is 13.7. The van der Waals surface area contributed by atoms with E-state index < -0.39 is 26.7 Å². The molecule has 0 aliphatic carbocycles. The second-order valence-electron chi connectivity index (χ2n) is 4.79. The first kappa shape index (κ1) is 15.9. The van der Waals surface area contributed by atoms with E-state index in [-0.39, 0.29) is 18.2 Å². The van der Waals surface area contributed by atoms with Gasteiger partial charge in [0.1, 0.15) is 10.7 Å². The predicted molar refractivity (Wildman–Crippen MR) is 72.1 cm³/mol. The molecule has 2 rings (SSSR count). The van der Waals surface area contributed by atoms with Crippen LogP contribution in [0.4, 0.5) is 4.39 Å². The van der Waals surface area contributed by atoms with Gasteiger partial charge in [0.15, 0.2) is 0 Å². The zero-order valence-corrected chi connectivity index (χ0v) is 12.0. The van der Waals surface area contributed by atoms with Crippen molar-refractivity contribution in [2.45, 2.75) is 30.3 Å². The summed E-state index contributed by atoms with van der Waals surface area (Å²) in [4.78, 5) is 10.2. The maximum Gasteiger partial charge on any atom is 0.335 e. The van der Waals surface area contributed by atoms with Gasteiger partial charge in [0.05, 0.1) is 11.7 Å². The lowest BCUT2D eigenvalue weighted by atomic mass is 10.1. The molecule has 116 valence electrons. The summed E-state index contributed by atoms with van der Waals surface area (Å²) in [7, 11) is -4.11. The fourth-order valence-electron chi connectivity index (χ4n) is 2.09. The van der Waals surface area contributed by atoms with Crippen molar-refractivity contribution in [3.8, 4) is 0 Å². The molecule has 1 heterocycles. The second-order valence-corrected chi connectivity index (χ2v) is 6.53. The number of hydrogen-bond donors (Lipinski definition) is 2. The van der Waals surface area contributed by atoms with Gasteiger partial charge < -0.3 is 9.84 Å². The summed E-state index contributed by atoms with van der Waals surface area (Å²) in [5, 5.41) is 8.84. The van der Waals surface area contributed by atoms with Crippen molar-refractivity contribution < 1.29 is 27.4 Å². The number of hydrogen-bond acceptors (Lipinski definition) is 4. The van der Waals surface area contributed by atoms with Crippen LogP contribution < -0.4 is 4.72 Å². The first-order valence-corrected chi connectivity index (χ1v) is 8.02. The van der Waals surface area contributed by atoms with Crippen molar-refractivity contribution in [1.82, 2.24) is 4.72 Å². The highest BCUT2D eigenvalue weighted by Crippen LogP contribution is 2.18. The Bertz CT molecular complexity index is 625. The minimum Gasteiger partial charge on any atom is -0.478 e. The molecule has 1 unspecified atom stereocenters. The molecule has 8 heteroatoms. The number of halogens is 1. The fourth-order valence-corrected chi connectivity index (χ4v) is 3.26. The Morgan fingerprint density at radius 3 is 2.81 bits per heavy atom. The lowest BCUT2D eigenvalue weighted by Crippen LogP contribution is -2.35. The summed E-state index contributed by atoms with van der Waals surface area (Å²) >= 11 is 0. The molecule has 0 saturated carbocycles. The molecular formula is C13H16FNO5S. The molecule has 0 aromatic heterocycles. The van der Waals surface area contributed by atoms with Crippen molar-refractivity contribution in [1.29, 1.82) is 0 Å². The molecule has 1 saturated heterocycles. The summed E-state index contributed by atoms with van der Waals surface area (Å²) in [6, 6.07) is 2.65. The summed E-state index contributed by atoms with van der Waals surface area (Å²) < 4.78 is 45.4. The van der Waals surface area contributed by atoms with E-state index in [2.05, 4.69) is 4.72 Å². The lowest BCUT2D eigenvalue weighted by molar-refractivity contribution is 0.0200. The Kier molecular flexibility index (Phi) is 4.92. The lowest BCUT2D eigenvalue weighted by Gasteiger charge is -2.22. The number of sulfonamides is 1. The van der Waals surface area contributed by atoms with Gasteiger partial charge in [-0.05, 0) is 37.5 Å². The van der Waals surface area contributed by atoms with Crippen molar-refractivity contribution >= 4 is 16.0 Å². The fraction of sp³-hybridized carbons (Fsp3) is 0.462. The van der Waals surface area contributed by atoms with Gasteiger partial charge in [-0.3, -0.25) is 0 Å². The molecule has 0 radical (unpaired) electrons. The molecule has 1 aliphatic heterocycles. The first-order chi connectivity index (χ1) is 9.90. The van der Waals surface area contributed by atoms with Gasteiger partial charge in [-0.25, -0.2) is 22.3 Å². The number of nitrogens with one attached hydrogen (secondary N) is 1. The maximum atomic E-state index is 13.7. The van der Waals surface area contributed by atoms with Gasteiger partial charge in [0, 0.05) is 13.2 Å². The molecule has 1 aromatic carbocycles. The molecule has 0 bridgehead atoms. The largest absolute Gasteiger partial charge is 0.478 e. The van der Waals surface area contributed by atoms with Crippen LogP contribution >= 0.6 is 0 Å². The van der Waals surface area contributed by atoms with E-state index in [4.69, 9.17) is 9.84 Å². The number of aromatic carboxylic acids is 1. The van der Waals surface area contributed by atoms with Gasteiger partial charge in [0.2, 0.25) is 10.0 Å². The van der Waals surface area contributed by atoms with Crippen molar-refractivity contribution in [2.24, 2.45) is 0 Å². The van der Waals surface area contributed by atoms with Crippen molar-refractivity contribution in [3.05, 3.63) is 29.6 Å². The summed E-state index contributed by atoms with van der Waals surface area (Å²) in [5.74, 6) is -2.31. The standard InChI is InChI=1S/C13H16FNO5S/c14-11-5-4-9(13(16)17)7-12(11)21(18,19)15-8-10-3-1-2-6-20-10/h4-5,7,10,15H,1-3,6,8H2,(H,16,17). The van der Waals surface area contributed by atoms with Crippen LogP contribution in [-0.4, -0.2) is 38.7 Å². The van der Waals surface area contributed by atoms with E-state index in [1.54, 1.807) is 0 Å². The third-order valence-electron chi connectivity index (χ3n) is 3.24. The number of carboxylic acids is 1. The van der Waals surface area contributed by atoms with Crippen LogP contribution in [0, 0.1) is 5.82 Å². The minimum atomic E-state index is -4.11. The molecule has 21 heavy (non-hydrogen) atoms. The number of carboxylic acid groups (broad SMARTS) is 1. The van der Waals surface area contributed by atoms with E-state index in [0.717, 1.165) is 37.5 Å². The second kappa shape index (κ2) is 6.50. The third kappa shape index (κ3) is 3.99. The van der Waals surface area contributed by atoms with Crippen molar-refractivity contribution in [3.63, 3.8) is 0 Å². The quantitative estimate of drug-likeness (QED) is 0.855. The third-order valence-corrected chi connectivity index (χ3v) is 4.68. The molecule has 1 aliphatic rings. The van der Waals surface area contributed by atoms with Crippen LogP contribution in [-0.2, 0) is 14.8 Å². The summed E-state index contributed by atoms with van der Waals surface area (Å²) in [6.45, 7) is 0.619. The Balaban J connectivity index is 2.14. The molecule has 1 fully saturated rings. The normalized spacial score (nSPS) is 19.4. The molecule has 0 amide bonds. The summed E-state index contributed by atoms with van der Waals surface area (Å²) in [6.07, 6.45) is 2.40. The van der Waals surface area contributed by atoms with Crippen molar-refractivity contribution in [2.75, 3.05) is 13.2 Å². The zero-order chi connectivity index (χ0) is 15.5. The Labute approximate surface area is 122 Å². The van der Waals surface area contributed by atoms with Crippen LogP contribution in [0.2, 0.25) is 0 Å². The Morgan fingerprint density at radius 1 is 1.43 bits per heavy atom. The van der Waals surface area contributed by atoms with E-state index in [1.165, 1.54) is 0 Å². The number of carbonyl (C=O) groups is 1. The van der Waals surface area contributed by atoms with Gasteiger partial charge in [0.25, 0.3) is 0 Å². The predicted octanol–water partition coefficient (Wildman–Crippen LogP) is 1.37. The average Bonchev–Trinajstić information content (AvgIpc) is 2.46. The van der Waals surface area contributed by atoms with Crippen LogP contribution in [0.3, 0.4) is 0 Å². The average molecular weight is 317 g/mol. The highest BCUT2D eigenvalue weighted by molar-refractivity contribution is 7.89. The van der Waals surface area contributed by atoms with Gasteiger partial charge in [-0.1, -0.05) is 0 Å². The van der Waals surface area contributed by atoms with Crippen LogP contribution in [0.15, 0.2) is 23.1 Å². The molecule has 1 aromatic rings. The first-order valence-electron chi connectivity index (χ1n) is 6.54.